The van der Waals surface area contributed by atoms with E-state index in [4.69, 9.17) is 14.4 Å². The fourth-order valence-electron chi connectivity index (χ4n) is 2.43. The second-order valence-electron chi connectivity index (χ2n) is 4.95. The van der Waals surface area contributed by atoms with Crippen molar-refractivity contribution in [1.82, 2.24) is 10.1 Å². The summed E-state index contributed by atoms with van der Waals surface area (Å²) in [7, 11) is 0. The number of amides is 1. The lowest BCUT2D eigenvalue weighted by atomic mass is 10.1. The molecule has 0 saturated carbocycles. The van der Waals surface area contributed by atoms with Crippen LogP contribution in [0.1, 0.15) is 30.9 Å². The summed E-state index contributed by atoms with van der Waals surface area (Å²) < 4.78 is 10.4. The van der Waals surface area contributed by atoms with Gasteiger partial charge in [-0.25, -0.2) is 4.79 Å². The average molecular weight is 296 g/mol. The molecule has 0 bridgehead atoms. The molecule has 1 N–H and O–H groups in total. The van der Waals surface area contributed by atoms with Crippen LogP contribution < -0.4 is 0 Å². The standard InChI is InChI=1S/C14H20N2O5/c1-3-10-9(11(4-2)21-15-10)7-13(17)16-5-6-20-12(8-16)14(18)19/h12H,3-8H2,1-2H3,(H,18,19)/t12-/m0/s1. The molecular formula is C14H20N2O5. The van der Waals surface area contributed by atoms with Gasteiger partial charge in [0.05, 0.1) is 25.3 Å². The molecule has 7 heteroatoms. The fourth-order valence-corrected chi connectivity index (χ4v) is 2.43. The van der Waals surface area contributed by atoms with Crippen LogP contribution in [-0.2, 0) is 33.6 Å². The van der Waals surface area contributed by atoms with E-state index >= 15 is 0 Å². The highest BCUT2D eigenvalue weighted by molar-refractivity contribution is 5.81. The summed E-state index contributed by atoms with van der Waals surface area (Å²) in [6, 6.07) is 0. The molecule has 2 heterocycles. The summed E-state index contributed by atoms with van der Waals surface area (Å²) in [5.41, 5.74) is 1.63. The van der Waals surface area contributed by atoms with Gasteiger partial charge in [0.15, 0.2) is 6.10 Å². The third-order valence-electron chi connectivity index (χ3n) is 3.63. The number of carboxylic acid groups (broad SMARTS) is 1. The molecule has 1 atom stereocenters. The molecule has 0 spiro atoms. The molecule has 7 nitrogen and oxygen atoms in total. The average Bonchev–Trinajstić information content (AvgIpc) is 2.89. The van der Waals surface area contributed by atoms with Crippen LogP contribution in [0, 0.1) is 0 Å². The maximum absolute atomic E-state index is 12.4. The van der Waals surface area contributed by atoms with E-state index in [9.17, 15) is 9.59 Å². The lowest BCUT2D eigenvalue weighted by Crippen LogP contribution is -2.49. The predicted octanol–water partition coefficient (Wildman–Crippen LogP) is 0.654. The van der Waals surface area contributed by atoms with Gasteiger partial charge in [-0.15, -0.1) is 0 Å². The number of carbonyl (C=O) groups excluding carboxylic acids is 1. The van der Waals surface area contributed by atoms with Gasteiger partial charge in [-0.2, -0.15) is 0 Å². The van der Waals surface area contributed by atoms with Crippen LogP contribution in [0.3, 0.4) is 0 Å². The summed E-state index contributed by atoms with van der Waals surface area (Å²) in [5, 5.41) is 13.0. The Kier molecular flexibility index (Phi) is 4.95. The number of carboxylic acids is 1. The zero-order chi connectivity index (χ0) is 15.4. The van der Waals surface area contributed by atoms with Gasteiger partial charge in [0.2, 0.25) is 5.91 Å². The van der Waals surface area contributed by atoms with Crippen molar-refractivity contribution in [2.75, 3.05) is 19.7 Å². The topological polar surface area (TPSA) is 92.9 Å². The molecule has 1 fully saturated rings. The Bertz CT molecular complexity index is 504. The van der Waals surface area contributed by atoms with E-state index < -0.39 is 12.1 Å². The van der Waals surface area contributed by atoms with Crippen molar-refractivity contribution in [2.24, 2.45) is 0 Å². The number of hydrogen-bond donors (Lipinski definition) is 1. The van der Waals surface area contributed by atoms with Crippen LogP contribution in [0.5, 0.6) is 0 Å². The molecule has 0 aliphatic carbocycles. The number of rotatable bonds is 5. The van der Waals surface area contributed by atoms with E-state index in [1.54, 1.807) is 0 Å². The molecule has 21 heavy (non-hydrogen) atoms. The zero-order valence-corrected chi connectivity index (χ0v) is 12.3. The van der Waals surface area contributed by atoms with E-state index in [2.05, 4.69) is 5.16 Å². The smallest absolute Gasteiger partial charge is 0.334 e. The van der Waals surface area contributed by atoms with E-state index in [-0.39, 0.29) is 25.5 Å². The lowest BCUT2D eigenvalue weighted by molar-refractivity contribution is -0.159. The molecule has 2 rings (SSSR count). The summed E-state index contributed by atoms with van der Waals surface area (Å²) in [5.74, 6) is -0.429. The molecule has 0 radical (unpaired) electrons. The second kappa shape index (κ2) is 6.71. The Morgan fingerprint density at radius 2 is 2.14 bits per heavy atom. The molecule has 0 unspecified atom stereocenters. The zero-order valence-electron chi connectivity index (χ0n) is 12.3. The third-order valence-corrected chi connectivity index (χ3v) is 3.63. The Morgan fingerprint density at radius 3 is 2.76 bits per heavy atom. The number of nitrogens with zero attached hydrogens (tertiary/aromatic N) is 2. The minimum absolute atomic E-state index is 0.0857. The largest absolute Gasteiger partial charge is 0.479 e. The van der Waals surface area contributed by atoms with Gasteiger partial charge in [0.1, 0.15) is 5.76 Å². The van der Waals surface area contributed by atoms with Crippen molar-refractivity contribution in [3.05, 3.63) is 17.0 Å². The molecule has 1 aliphatic heterocycles. The monoisotopic (exact) mass is 296 g/mol. The SMILES string of the molecule is CCc1noc(CC)c1CC(=O)N1CCO[C@H](C(=O)O)C1. The van der Waals surface area contributed by atoms with Gasteiger partial charge in [-0.3, -0.25) is 4.79 Å². The maximum atomic E-state index is 12.4. The van der Waals surface area contributed by atoms with Crippen molar-refractivity contribution in [3.63, 3.8) is 0 Å². The number of carbonyl (C=O) groups is 2. The molecule has 1 aromatic heterocycles. The van der Waals surface area contributed by atoms with Crippen molar-refractivity contribution in [2.45, 2.75) is 39.2 Å². The Labute approximate surface area is 122 Å². The highest BCUT2D eigenvalue weighted by Gasteiger charge is 2.30. The Morgan fingerprint density at radius 1 is 1.38 bits per heavy atom. The number of aliphatic carboxylic acids is 1. The first-order chi connectivity index (χ1) is 10.1. The van der Waals surface area contributed by atoms with Crippen molar-refractivity contribution in [3.8, 4) is 0 Å². The van der Waals surface area contributed by atoms with Crippen LogP contribution in [0.15, 0.2) is 4.52 Å². The van der Waals surface area contributed by atoms with Gasteiger partial charge in [0.25, 0.3) is 0 Å². The maximum Gasteiger partial charge on any atom is 0.334 e. The lowest BCUT2D eigenvalue weighted by Gasteiger charge is -2.30. The predicted molar refractivity (Wildman–Crippen MR) is 72.9 cm³/mol. The Balaban J connectivity index is 2.07. The normalized spacial score (nSPS) is 18.8. The van der Waals surface area contributed by atoms with Gasteiger partial charge in [0, 0.05) is 18.5 Å². The number of hydrogen-bond acceptors (Lipinski definition) is 5. The van der Waals surface area contributed by atoms with Crippen LogP contribution >= 0.6 is 0 Å². The van der Waals surface area contributed by atoms with Crippen LogP contribution in [0.25, 0.3) is 0 Å². The number of morpholine rings is 1. The summed E-state index contributed by atoms with van der Waals surface area (Å²) >= 11 is 0. The molecule has 1 aromatic rings. The van der Waals surface area contributed by atoms with E-state index in [1.165, 1.54) is 4.90 Å². The minimum Gasteiger partial charge on any atom is -0.479 e. The van der Waals surface area contributed by atoms with E-state index in [0.29, 0.717) is 19.4 Å². The Hall–Kier alpha value is -1.89. The second-order valence-corrected chi connectivity index (χ2v) is 4.95. The first kappa shape index (κ1) is 15.5. The van der Waals surface area contributed by atoms with Gasteiger partial charge in [-0.05, 0) is 6.42 Å². The molecule has 1 amide bonds. The van der Waals surface area contributed by atoms with Crippen LogP contribution in [-0.4, -0.2) is 52.8 Å². The first-order valence-corrected chi connectivity index (χ1v) is 7.15. The quantitative estimate of drug-likeness (QED) is 0.857. The third kappa shape index (κ3) is 3.41. The van der Waals surface area contributed by atoms with Gasteiger partial charge >= 0.3 is 5.97 Å². The van der Waals surface area contributed by atoms with E-state index in [0.717, 1.165) is 17.0 Å². The fraction of sp³-hybridized carbons (Fsp3) is 0.643. The molecule has 1 saturated heterocycles. The molecular weight excluding hydrogens is 276 g/mol. The van der Waals surface area contributed by atoms with Crippen molar-refractivity contribution >= 4 is 11.9 Å². The number of aryl methyl sites for hydroxylation is 2. The number of ether oxygens (including phenoxy) is 1. The molecule has 1 aliphatic rings. The van der Waals surface area contributed by atoms with Gasteiger partial charge < -0.3 is 19.3 Å². The minimum atomic E-state index is -1.04. The first-order valence-electron chi connectivity index (χ1n) is 7.15. The van der Waals surface area contributed by atoms with Gasteiger partial charge in [-0.1, -0.05) is 19.0 Å². The molecule has 0 aromatic carbocycles. The highest BCUT2D eigenvalue weighted by atomic mass is 16.5. The van der Waals surface area contributed by atoms with Crippen LogP contribution in [0.2, 0.25) is 0 Å². The van der Waals surface area contributed by atoms with Crippen molar-refractivity contribution in [1.29, 1.82) is 0 Å². The van der Waals surface area contributed by atoms with E-state index in [1.807, 2.05) is 13.8 Å². The summed E-state index contributed by atoms with van der Waals surface area (Å²) in [6.45, 7) is 4.65. The van der Waals surface area contributed by atoms with Crippen molar-refractivity contribution < 1.29 is 24.0 Å². The summed E-state index contributed by atoms with van der Waals surface area (Å²) in [6.07, 6.45) is 0.632. The highest BCUT2D eigenvalue weighted by Crippen LogP contribution is 2.18. The molecule has 116 valence electrons. The van der Waals surface area contributed by atoms with Crippen LogP contribution in [0.4, 0.5) is 0 Å². The summed E-state index contributed by atoms with van der Waals surface area (Å²) in [4.78, 5) is 24.9. The number of aromatic nitrogens is 1.